The first kappa shape index (κ1) is 18.2. The number of hydrogen-bond donors (Lipinski definition) is 1. The minimum absolute atomic E-state index is 0.0267. The van der Waals surface area contributed by atoms with Crippen LogP contribution in [0.4, 0.5) is 4.39 Å². The van der Waals surface area contributed by atoms with Gasteiger partial charge in [-0.05, 0) is 35.9 Å². The van der Waals surface area contributed by atoms with Crippen LogP contribution in [0.25, 0.3) is 6.08 Å². The van der Waals surface area contributed by atoms with Crippen molar-refractivity contribution in [2.75, 3.05) is 13.7 Å². The summed E-state index contributed by atoms with van der Waals surface area (Å²) in [6, 6.07) is 10.5. The molecule has 0 unspecified atom stereocenters. The van der Waals surface area contributed by atoms with E-state index in [2.05, 4.69) is 0 Å². The van der Waals surface area contributed by atoms with E-state index >= 15 is 0 Å². The lowest BCUT2D eigenvalue weighted by Crippen LogP contribution is -2.05. The Balaban J connectivity index is 2.09. The Hall–Kier alpha value is -3.15. The summed E-state index contributed by atoms with van der Waals surface area (Å²) in [5.74, 6) is -0.901. The average Bonchev–Trinajstić information content (AvgIpc) is 2.60. The Morgan fingerprint density at radius 1 is 1.16 bits per heavy atom. The van der Waals surface area contributed by atoms with Crippen LogP contribution in [0.5, 0.6) is 11.5 Å². The summed E-state index contributed by atoms with van der Waals surface area (Å²) in [7, 11) is 1.46. The summed E-state index contributed by atoms with van der Waals surface area (Å²) in [6.45, 7) is 0.0267. The molecule has 25 heavy (non-hydrogen) atoms. The van der Waals surface area contributed by atoms with E-state index in [-0.39, 0.29) is 24.4 Å². The number of carboxylic acid groups (broad SMARTS) is 1. The molecule has 0 atom stereocenters. The van der Waals surface area contributed by atoms with Crippen LogP contribution in [-0.4, -0.2) is 30.6 Å². The van der Waals surface area contributed by atoms with Gasteiger partial charge in [-0.1, -0.05) is 24.3 Å². The zero-order chi connectivity index (χ0) is 18.2. The summed E-state index contributed by atoms with van der Waals surface area (Å²) in [6.07, 6.45) is 2.80. The van der Waals surface area contributed by atoms with Crippen molar-refractivity contribution in [1.82, 2.24) is 0 Å². The van der Waals surface area contributed by atoms with Crippen LogP contribution in [0, 0.1) is 5.82 Å². The van der Waals surface area contributed by atoms with Crippen LogP contribution < -0.4 is 9.47 Å². The standard InChI is InChI=1S/C19H17FO5/c1-24-18-11-13(6-8-17(18)25-10-9-19(22)23)5-7-16(21)14-3-2-4-15(20)12-14/h2-8,11-12H,9-10H2,1H3,(H,22,23)/b7-5+. The lowest BCUT2D eigenvalue weighted by Gasteiger charge is -2.10. The molecular weight excluding hydrogens is 327 g/mol. The van der Waals surface area contributed by atoms with Gasteiger partial charge in [0, 0.05) is 5.56 Å². The zero-order valence-corrected chi connectivity index (χ0v) is 13.6. The molecule has 0 spiro atoms. The van der Waals surface area contributed by atoms with Crippen LogP contribution in [0.2, 0.25) is 0 Å². The highest BCUT2D eigenvalue weighted by Crippen LogP contribution is 2.28. The number of allylic oxidation sites excluding steroid dienone is 1. The van der Waals surface area contributed by atoms with Crippen molar-refractivity contribution in [2.24, 2.45) is 0 Å². The fourth-order valence-electron chi connectivity index (χ4n) is 2.07. The molecule has 130 valence electrons. The Kier molecular flexibility index (Phi) is 6.28. The van der Waals surface area contributed by atoms with Gasteiger partial charge in [0.2, 0.25) is 0 Å². The van der Waals surface area contributed by atoms with Crippen molar-refractivity contribution in [2.45, 2.75) is 6.42 Å². The number of rotatable bonds is 8. The summed E-state index contributed by atoms with van der Waals surface area (Å²) in [5.41, 5.74) is 0.948. The Bertz CT molecular complexity index is 798. The highest BCUT2D eigenvalue weighted by atomic mass is 19.1. The fourth-order valence-corrected chi connectivity index (χ4v) is 2.07. The first-order chi connectivity index (χ1) is 12.0. The van der Waals surface area contributed by atoms with Crippen molar-refractivity contribution >= 4 is 17.8 Å². The Morgan fingerprint density at radius 3 is 2.64 bits per heavy atom. The van der Waals surface area contributed by atoms with E-state index < -0.39 is 11.8 Å². The molecule has 0 radical (unpaired) electrons. The van der Waals surface area contributed by atoms with Crippen molar-refractivity contribution < 1.29 is 28.6 Å². The Labute approximate surface area is 144 Å². The molecule has 0 amide bonds. The number of carboxylic acids is 1. The number of carbonyl (C=O) groups excluding carboxylic acids is 1. The van der Waals surface area contributed by atoms with Gasteiger partial charge in [0.1, 0.15) is 5.82 Å². The van der Waals surface area contributed by atoms with Gasteiger partial charge < -0.3 is 14.6 Å². The van der Waals surface area contributed by atoms with Crippen molar-refractivity contribution in [3.8, 4) is 11.5 Å². The highest BCUT2D eigenvalue weighted by molar-refractivity contribution is 6.06. The molecule has 2 aromatic rings. The molecule has 2 rings (SSSR count). The lowest BCUT2D eigenvalue weighted by atomic mass is 10.1. The van der Waals surface area contributed by atoms with Gasteiger partial charge in [0.15, 0.2) is 17.3 Å². The third-order valence-electron chi connectivity index (χ3n) is 3.30. The third-order valence-corrected chi connectivity index (χ3v) is 3.30. The van der Waals surface area contributed by atoms with Gasteiger partial charge in [-0.3, -0.25) is 9.59 Å². The van der Waals surface area contributed by atoms with Crippen LogP contribution in [0.3, 0.4) is 0 Å². The Morgan fingerprint density at radius 2 is 1.96 bits per heavy atom. The molecular formula is C19H17FO5. The molecule has 0 fully saturated rings. The monoisotopic (exact) mass is 344 g/mol. The van der Waals surface area contributed by atoms with Crippen molar-refractivity contribution in [1.29, 1.82) is 0 Å². The second-order valence-electron chi connectivity index (χ2n) is 5.11. The SMILES string of the molecule is COc1cc(/C=C/C(=O)c2cccc(F)c2)ccc1OCCC(=O)O. The van der Waals surface area contributed by atoms with Crippen LogP contribution in [0.15, 0.2) is 48.5 Å². The minimum Gasteiger partial charge on any atom is -0.493 e. The van der Waals surface area contributed by atoms with E-state index in [1.54, 1.807) is 24.3 Å². The van der Waals surface area contributed by atoms with E-state index in [0.717, 1.165) is 0 Å². The second kappa shape index (κ2) is 8.63. The number of ketones is 1. The van der Waals surface area contributed by atoms with Crippen LogP contribution >= 0.6 is 0 Å². The maximum absolute atomic E-state index is 13.1. The molecule has 6 heteroatoms. The molecule has 0 bridgehead atoms. The van der Waals surface area contributed by atoms with Crippen LogP contribution in [0.1, 0.15) is 22.3 Å². The topological polar surface area (TPSA) is 72.8 Å². The third kappa shape index (κ3) is 5.46. The minimum atomic E-state index is -0.950. The molecule has 5 nitrogen and oxygen atoms in total. The molecule has 0 saturated heterocycles. The zero-order valence-electron chi connectivity index (χ0n) is 13.6. The largest absolute Gasteiger partial charge is 0.493 e. The van der Waals surface area contributed by atoms with E-state index in [9.17, 15) is 14.0 Å². The van der Waals surface area contributed by atoms with Gasteiger partial charge in [0.25, 0.3) is 0 Å². The number of carbonyl (C=O) groups is 2. The molecule has 0 aromatic heterocycles. The fraction of sp³-hybridized carbons (Fsp3) is 0.158. The first-order valence-corrected chi connectivity index (χ1v) is 7.50. The molecule has 1 N–H and O–H groups in total. The molecule has 0 aliphatic rings. The van der Waals surface area contributed by atoms with E-state index in [1.165, 1.54) is 37.5 Å². The molecule has 0 heterocycles. The number of aliphatic carboxylic acids is 1. The van der Waals surface area contributed by atoms with Gasteiger partial charge in [0.05, 0.1) is 20.1 Å². The lowest BCUT2D eigenvalue weighted by molar-refractivity contribution is -0.137. The number of methoxy groups -OCH3 is 1. The average molecular weight is 344 g/mol. The van der Waals surface area contributed by atoms with Gasteiger partial charge in [-0.2, -0.15) is 0 Å². The molecule has 0 aliphatic carbocycles. The second-order valence-corrected chi connectivity index (χ2v) is 5.11. The summed E-state index contributed by atoms with van der Waals surface area (Å²) in [4.78, 5) is 22.5. The number of ether oxygens (including phenoxy) is 2. The number of halogens is 1. The molecule has 0 aliphatic heterocycles. The summed E-state index contributed by atoms with van der Waals surface area (Å²) in [5, 5.41) is 8.62. The van der Waals surface area contributed by atoms with E-state index in [1.807, 2.05) is 0 Å². The first-order valence-electron chi connectivity index (χ1n) is 7.50. The van der Waals surface area contributed by atoms with Gasteiger partial charge >= 0.3 is 5.97 Å². The maximum atomic E-state index is 13.1. The quantitative estimate of drug-likeness (QED) is 0.585. The summed E-state index contributed by atoms with van der Waals surface area (Å²) >= 11 is 0. The number of hydrogen-bond acceptors (Lipinski definition) is 4. The van der Waals surface area contributed by atoms with Crippen LogP contribution in [-0.2, 0) is 4.79 Å². The predicted octanol–water partition coefficient (Wildman–Crippen LogP) is 3.58. The van der Waals surface area contributed by atoms with E-state index in [4.69, 9.17) is 14.6 Å². The summed E-state index contributed by atoms with van der Waals surface area (Å²) < 4.78 is 23.7. The van der Waals surface area contributed by atoms with Crippen molar-refractivity contribution in [3.63, 3.8) is 0 Å². The smallest absolute Gasteiger partial charge is 0.306 e. The molecule has 2 aromatic carbocycles. The van der Waals surface area contributed by atoms with Crippen molar-refractivity contribution in [3.05, 3.63) is 65.5 Å². The van der Waals surface area contributed by atoms with Gasteiger partial charge in [-0.15, -0.1) is 0 Å². The van der Waals surface area contributed by atoms with Gasteiger partial charge in [-0.25, -0.2) is 4.39 Å². The van der Waals surface area contributed by atoms with E-state index in [0.29, 0.717) is 17.1 Å². The normalized spacial score (nSPS) is 10.6. The predicted molar refractivity (Wildman–Crippen MR) is 90.5 cm³/mol. The maximum Gasteiger partial charge on any atom is 0.306 e. The number of benzene rings is 2. The molecule has 0 saturated carbocycles. The highest BCUT2D eigenvalue weighted by Gasteiger charge is 2.07.